The second kappa shape index (κ2) is 5.62. The van der Waals surface area contributed by atoms with Crippen molar-refractivity contribution in [3.05, 3.63) is 0 Å². The van der Waals surface area contributed by atoms with E-state index in [1.54, 1.807) is 0 Å². The van der Waals surface area contributed by atoms with Gasteiger partial charge in [-0.1, -0.05) is 0 Å². The normalized spacial score (nSPS) is 18.8. The molecule has 1 rings (SSSR count). The number of carbonyl (C=O) groups is 3. The molecular weight excluding hydrogens is 228 g/mol. The second-order valence-electron chi connectivity index (χ2n) is 4.14. The molecule has 0 saturated carbocycles. The van der Waals surface area contributed by atoms with Gasteiger partial charge >= 0.3 is 11.9 Å². The molecule has 0 radical (unpaired) electrons. The lowest BCUT2D eigenvalue weighted by Crippen LogP contribution is -2.48. The van der Waals surface area contributed by atoms with E-state index < -0.39 is 36.2 Å². The van der Waals surface area contributed by atoms with Crippen molar-refractivity contribution in [1.82, 2.24) is 4.90 Å². The van der Waals surface area contributed by atoms with Gasteiger partial charge < -0.3 is 20.8 Å². The van der Waals surface area contributed by atoms with Crippen LogP contribution >= 0.6 is 0 Å². The standard InChI is InChI=1S/C10H16N2O5/c11-7(5-8(13)14)9(15)12-3-1-6(2-4-12)10(16)17/h6-7H,1-5,11H2,(H,13,14)(H,16,17). The Labute approximate surface area is 98.2 Å². The van der Waals surface area contributed by atoms with E-state index in [0.717, 1.165) is 0 Å². The Morgan fingerprint density at radius 1 is 1.24 bits per heavy atom. The van der Waals surface area contributed by atoms with Crippen molar-refractivity contribution in [2.45, 2.75) is 25.3 Å². The molecule has 7 nitrogen and oxygen atoms in total. The summed E-state index contributed by atoms with van der Waals surface area (Å²) in [6.07, 6.45) is 0.374. The molecule has 0 spiro atoms. The number of aliphatic carboxylic acids is 2. The minimum atomic E-state index is -1.12. The maximum absolute atomic E-state index is 11.7. The Morgan fingerprint density at radius 3 is 2.18 bits per heavy atom. The summed E-state index contributed by atoms with van der Waals surface area (Å²) in [5.74, 6) is -2.82. The highest BCUT2D eigenvalue weighted by Crippen LogP contribution is 2.17. The van der Waals surface area contributed by atoms with Crippen molar-refractivity contribution in [3.8, 4) is 0 Å². The fourth-order valence-electron chi connectivity index (χ4n) is 1.86. The molecule has 0 aromatic carbocycles. The molecule has 0 bridgehead atoms. The Kier molecular flexibility index (Phi) is 4.45. The van der Waals surface area contributed by atoms with Gasteiger partial charge in [-0.25, -0.2) is 0 Å². The van der Waals surface area contributed by atoms with Gasteiger partial charge in [0.15, 0.2) is 0 Å². The number of hydrogen-bond donors (Lipinski definition) is 3. The number of hydrogen-bond acceptors (Lipinski definition) is 4. The van der Waals surface area contributed by atoms with E-state index in [9.17, 15) is 14.4 Å². The molecule has 0 aromatic heterocycles. The van der Waals surface area contributed by atoms with Crippen molar-refractivity contribution >= 4 is 17.8 Å². The summed E-state index contributed by atoms with van der Waals surface area (Å²) in [6.45, 7) is 0.645. The van der Waals surface area contributed by atoms with Crippen molar-refractivity contribution in [1.29, 1.82) is 0 Å². The van der Waals surface area contributed by atoms with Gasteiger partial charge in [-0.2, -0.15) is 0 Å². The van der Waals surface area contributed by atoms with Crippen molar-refractivity contribution < 1.29 is 24.6 Å². The maximum atomic E-state index is 11.7. The minimum absolute atomic E-state index is 0.323. The van der Waals surface area contributed by atoms with Crippen LogP contribution in [0.1, 0.15) is 19.3 Å². The Hall–Kier alpha value is -1.63. The zero-order chi connectivity index (χ0) is 13.0. The number of likely N-dealkylation sites (tertiary alicyclic amines) is 1. The number of piperidine rings is 1. The maximum Gasteiger partial charge on any atom is 0.306 e. The molecule has 1 unspecified atom stereocenters. The van der Waals surface area contributed by atoms with E-state index in [4.69, 9.17) is 15.9 Å². The van der Waals surface area contributed by atoms with Crippen LogP contribution in [0.25, 0.3) is 0 Å². The molecule has 4 N–H and O–H groups in total. The summed E-state index contributed by atoms with van der Waals surface area (Å²) in [6, 6.07) is -1.05. The van der Waals surface area contributed by atoms with Gasteiger partial charge in [0.05, 0.1) is 18.4 Å². The molecule has 1 aliphatic heterocycles. The molecule has 1 aliphatic rings. The van der Waals surface area contributed by atoms with Gasteiger partial charge in [-0.15, -0.1) is 0 Å². The minimum Gasteiger partial charge on any atom is -0.481 e. The Balaban J connectivity index is 2.45. The van der Waals surface area contributed by atoms with Gasteiger partial charge in [0.1, 0.15) is 0 Å². The van der Waals surface area contributed by atoms with E-state index >= 15 is 0 Å². The molecule has 0 aliphatic carbocycles. The van der Waals surface area contributed by atoms with Crippen LogP contribution in [0.4, 0.5) is 0 Å². The predicted molar refractivity (Wildman–Crippen MR) is 57.2 cm³/mol. The van der Waals surface area contributed by atoms with Crippen LogP contribution in [-0.4, -0.2) is 52.1 Å². The molecule has 0 aromatic rings. The van der Waals surface area contributed by atoms with Gasteiger partial charge in [0.2, 0.25) is 5.91 Å². The second-order valence-corrected chi connectivity index (χ2v) is 4.14. The third-order valence-corrected chi connectivity index (χ3v) is 2.87. The Bertz CT molecular complexity index is 323. The highest BCUT2D eigenvalue weighted by atomic mass is 16.4. The summed E-state index contributed by atoms with van der Waals surface area (Å²) in [5, 5.41) is 17.3. The highest BCUT2D eigenvalue weighted by Gasteiger charge is 2.29. The molecule has 96 valence electrons. The van der Waals surface area contributed by atoms with Crippen LogP contribution in [0.15, 0.2) is 0 Å². The van der Waals surface area contributed by atoms with E-state index in [1.807, 2.05) is 0 Å². The molecule has 1 amide bonds. The summed E-state index contributed by atoms with van der Waals surface area (Å²) < 4.78 is 0. The average molecular weight is 244 g/mol. The first kappa shape index (κ1) is 13.4. The zero-order valence-electron chi connectivity index (χ0n) is 9.33. The molecular formula is C10H16N2O5. The van der Waals surface area contributed by atoms with Gasteiger partial charge in [0.25, 0.3) is 0 Å². The zero-order valence-corrected chi connectivity index (χ0v) is 9.33. The van der Waals surface area contributed by atoms with Crippen LogP contribution in [0.2, 0.25) is 0 Å². The first-order valence-corrected chi connectivity index (χ1v) is 5.40. The number of nitrogens with zero attached hydrogens (tertiary/aromatic N) is 1. The summed E-state index contributed by atoms with van der Waals surface area (Å²) >= 11 is 0. The third kappa shape index (κ3) is 3.70. The van der Waals surface area contributed by atoms with Crippen LogP contribution < -0.4 is 5.73 Å². The quantitative estimate of drug-likeness (QED) is 0.590. The fourth-order valence-corrected chi connectivity index (χ4v) is 1.86. The van der Waals surface area contributed by atoms with Gasteiger partial charge in [0, 0.05) is 13.1 Å². The number of nitrogens with two attached hydrogens (primary N) is 1. The van der Waals surface area contributed by atoms with E-state index in [1.165, 1.54) is 4.90 Å². The lowest BCUT2D eigenvalue weighted by molar-refractivity contribution is -0.146. The SMILES string of the molecule is NC(CC(=O)O)C(=O)N1CCC(C(=O)O)CC1. The molecule has 17 heavy (non-hydrogen) atoms. The molecule has 1 heterocycles. The number of carboxylic acids is 2. The topological polar surface area (TPSA) is 121 Å². The third-order valence-electron chi connectivity index (χ3n) is 2.87. The largest absolute Gasteiger partial charge is 0.481 e. The molecule has 1 fully saturated rings. The monoisotopic (exact) mass is 244 g/mol. The van der Waals surface area contributed by atoms with Crippen LogP contribution in [0.5, 0.6) is 0 Å². The first-order valence-electron chi connectivity index (χ1n) is 5.40. The van der Waals surface area contributed by atoms with E-state index in [-0.39, 0.29) is 0 Å². The first-order chi connectivity index (χ1) is 7.91. The summed E-state index contributed by atoms with van der Waals surface area (Å²) in [7, 11) is 0. The van der Waals surface area contributed by atoms with Crippen molar-refractivity contribution in [3.63, 3.8) is 0 Å². The number of carbonyl (C=O) groups excluding carboxylic acids is 1. The van der Waals surface area contributed by atoms with Crippen molar-refractivity contribution in [2.75, 3.05) is 13.1 Å². The lowest BCUT2D eigenvalue weighted by atomic mass is 9.96. The summed E-state index contributed by atoms with van der Waals surface area (Å²) in [4.78, 5) is 34.3. The number of rotatable bonds is 4. The van der Waals surface area contributed by atoms with Crippen LogP contribution in [0.3, 0.4) is 0 Å². The Morgan fingerprint density at radius 2 is 1.76 bits per heavy atom. The predicted octanol–water partition coefficient (Wildman–Crippen LogP) is -0.888. The van der Waals surface area contributed by atoms with Crippen LogP contribution in [-0.2, 0) is 14.4 Å². The smallest absolute Gasteiger partial charge is 0.306 e. The van der Waals surface area contributed by atoms with Gasteiger partial charge in [-0.3, -0.25) is 14.4 Å². The van der Waals surface area contributed by atoms with E-state index in [2.05, 4.69) is 0 Å². The molecule has 7 heteroatoms. The number of amides is 1. The van der Waals surface area contributed by atoms with E-state index in [0.29, 0.717) is 25.9 Å². The molecule has 1 saturated heterocycles. The van der Waals surface area contributed by atoms with Crippen molar-refractivity contribution in [2.24, 2.45) is 11.7 Å². The van der Waals surface area contributed by atoms with Gasteiger partial charge in [-0.05, 0) is 12.8 Å². The fraction of sp³-hybridized carbons (Fsp3) is 0.700. The number of carboxylic acid groups (broad SMARTS) is 2. The molecule has 1 atom stereocenters. The lowest BCUT2D eigenvalue weighted by Gasteiger charge is -2.31. The summed E-state index contributed by atoms with van der Waals surface area (Å²) in [5.41, 5.74) is 5.46. The highest BCUT2D eigenvalue weighted by molar-refractivity contribution is 5.86. The van der Waals surface area contributed by atoms with Crippen LogP contribution in [0, 0.1) is 5.92 Å². The average Bonchev–Trinajstić information content (AvgIpc) is 2.27.